The molecule has 0 bridgehead atoms. The lowest BCUT2D eigenvalue weighted by Gasteiger charge is -2.32. The van der Waals surface area contributed by atoms with Gasteiger partial charge in [0.25, 0.3) is 0 Å². The minimum absolute atomic E-state index is 0.192. The van der Waals surface area contributed by atoms with Crippen molar-refractivity contribution in [2.45, 2.75) is 105 Å². The van der Waals surface area contributed by atoms with Crippen LogP contribution in [0.2, 0.25) is 0 Å². The molecule has 0 radical (unpaired) electrons. The zero-order valence-corrected chi connectivity index (χ0v) is 42.7. The van der Waals surface area contributed by atoms with Crippen LogP contribution in [0.25, 0.3) is 22.8 Å². The van der Waals surface area contributed by atoms with Gasteiger partial charge in [-0.15, -0.1) is 22.7 Å². The summed E-state index contributed by atoms with van der Waals surface area (Å²) >= 11 is 8.25. The lowest BCUT2D eigenvalue weighted by molar-refractivity contribution is 0.00348. The Balaban J connectivity index is 0.000000236. The van der Waals surface area contributed by atoms with Crippen LogP contribution in [0.5, 0.6) is 0 Å². The van der Waals surface area contributed by atoms with Gasteiger partial charge < -0.3 is 5.32 Å². The number of alkyl halides is 1. The first-order valence-corrected chi connectivity index (χ1v) is 25.3. The van der Waals surface area contributed by atoms with Gasteiger partial charge in [-0.1, -0.05) is 23.7 Å². The first-order chi connectivity index (χ1) is 30.3. The third-order valence-electron chi connectivity index (χ3n) is 6.75. The lowest BCUT2D eigenvalue weighted by atomic mass is 10.2. The van der Waals surface area contributed by atoms with Gasteiger partial charge in [-0.3, -0.25) is 42.0 Å². The molecule has 23 heteroatoms. The van der Waals surface area contributed by atoms with Crippen LogP contribution in [0.15, 0.2) is 96.5 Å². The van der Waals surface area contributed by atoms with Gasteiger partial charge in [0, 0.05) is 47.9 Å². The fourth-order valence-electron chi connectivity index (χ4n) is 4.74. The van der Waals surface area contributed by atoms with E-state index in [1.165, 1.54) is 22.7 Å². The Morgan fingerprint density at radius 2 is 0.985 bits per heavy atom. The van der Waals surface area contributed by atoms with E-state index in [4.69, 9.17) is 38.7 Å². The third-order valence-corrected chi connectivity index (χ3v) is 12.6. The summed E-state index contributed by atoms with van der Waals surface area (Å²) in [6, 6.07) is 14.6. The summed E-state index contributed by atoms with van der Waals surface area (Å²) in [7, 11) is -7.54. The van der Waals surface area contributed by atoms with E-state index in [1.807, 2.05) is 47.2 Å². The normalized spacial score (nSPS) is 12.4. The number of phosphoric acid groups is 2. The van der Waals surface area contributed by atoms with Crippen LogP contribution in [-0.2, 0) is 36.3 Å². The number of thiazole rings is 2. The number of anilines is 4. The second-order valence-corrected chi connectivity index (χ2v) is 22.3. The number of rotatable bonds is 15. The largest absolute Gasteiger partial charge is 0.477 e. The highest BCUT2D eigenvalue weighted by molar-refractivity contribution is 7.48. The monoisotopic (exact) mass is 990 g/mol. The number of nitrogens with zero attached hydrogens (tertiary/aromatic N) is 9. The average molecular weight is 992 g/mol. The number of pyridine rings is 2. The van der Waals surface area contributed by atoms with Crippen LogP contribution in [0.4, 0.5) is 22.2 Å². The molecule has 0 saturated heterocycles. The standard InChI is InChI=1S/C21H28N5O4PS.C12H9N5S.C9H20ClO4P/c1-20(2,3)29-31(27,30-21(4,5)6)28-15-26(18-23-12-9-13-24-18)19-25-17(14-32-19)16-10-7-8-11-22-16;1-2-5-13-9(4-1)10-8-18-12(16-10)17-11-14-6-3-7-15-11;1-8(2,3)13-15(11,12-7-10)14-9(4,5)6/h7-14H,15H2,1-6H3;1-8H,(H,14,15,16,17);7H2,1-6H3. The van der Waals surface area contributed by atoms with Gasteiger partial charge in [0.1, 0.15) is 24.2 Å². The van der Waals surface area contributed by atoms with E-state index in [9.17, 15) is 9.13 Å². The van der Waals surface area contributed by atoms with Crippen molar-refractivity contribution >= 4 is 72.1 Å². The van der Waals surface area contributed by atoms with E-state index in [0.29, 0.717) is 22.7 Å². The Hall–Kier alpha value is -4.17. The number of hydrogen-bond acceptors (Lipinski definition) is 20. The molecular weight excluding hydrogens is 934 g/mol. The molecule has 6 heterocycles. The molecule has 0 fully saturated rings. The van der Waals surface area contributed by atoms with E-state index in [1.54, 1.807) is 137 Å². The number of aromatic nitrogens is 8. The first-order valence-electron chi connectivity index (χ1n) is 20.0. The molecule has 18 nitrogen and oxygen atoms in total. The summed E-state index contributed by atoms with van der Waals surface area (Å²) in [5.74, 6) is 0.881. The Kier molecular flexibility index (Phi) is 19.3. The van der Waals surface area contributed by atoms with Gasteiger partial charge >= 0.3 is 15.6 Å². The van der Waals surface area contributed by atoms with Crippen molar-refractivity contribution in [1.82, 2.24) is 39.9 Å². The summed E-state index contributed by atoms with van der Waals surface area (Å²) in [6.45, 7) is 21.1. The molecule has 0 amide bonds. The Bertz CT molecular complexity index is 2380. The number of phosphoric ester groups is 2. The zero-order valence-electron chi connectivity index (χ0n) is 38.5. The van der Waals surface area contributed by atoms with Gasteiger partial charge in [0.2, 0.25) is 11.9 Å². The molecule has 0 spiro atoms. The number of nitrogens with one attached hydrogen (secondary N) is 1. The second-order valence-electron chi connectivity index (χ2n) is 17.4. The predicted octanol–water partition coefficient (Wildman–Crippen LogP) is 12.5. The Morgan fingerprint density at radius 1 is 0.554 bits per heavy atom. The fourth-order valence-corrected chi connectivity index (χ4v) is 9.95. The van der Waals surface area contributed by atoms with Gasteiger partial charge in [-0.2, -0.15) is 0 Å². The van der Waals surface area contributed by atoms with Crippen molar-refractivity contribution in [3.8, 4) is 22.8 Å². The molecule has 0 saturated carbocycles. The minimum atomic E-state index is -3.94. The molecular formula is C42H57ClN10O8P2S2. The number of hydrogen-bond donors (Lipinski definition) is 1. The molecule has 6 aromatic rings. The highest BCUT2D eigenvalue weighted by Crippen LogP contribution is 2.56. The van der Waals surface area contributed by atoms with Crippen LogP contribution in [0.1, 0.15) is 83.1 Å². The molecule has 0 atom stereocenters. The maximum Gasteiger partial charge on any atom is 0.477 e. The smallest absolute Gasteiger partial charge is 0.300 e. The van der Waals surface area contributed by atoms with Gasteiger partial charge in [0.15, 0.2) is 10.3 Å². The molecule has 6 aromatic heterocycles. The van der Waals surface area contributed by atoms with Gasteiger partial charge in [0.05, 0.1) is 33.8 Å². The summed E-state index contributed by atoms with van der Waals surface area (Å²) in [5.41, 5.74) is 0.411. The Labute approximate surface area is 394 Å². The van der Waals surface area contributed by atoms with Crippen LogP contribution in [0.3, 0.4) is 0 Å². The van der Waals surface area contributed by atoms with Crippen molar-refractivity contribution in [1.29, 1.82) is 0 Å². The van der Waals surface area contributed by atoms with Crippen molar-refractivity contribution in [3.63, 3.8) is 0 Å². The van der Waals surface area contributed by atoms with Gasteiger partial charge in [-0.25, -0.2) is 39.0 Å². The van der Waals surface area contributed by atoms with Crippen LogP contribution in [0, 0.1) is 0 Å². The lowest BCUT2D eigenvalue weighted by Crippen LogP contribution is -2.28. The SMILES string of the molecule is CC(C)(C)OP(=O)(OCCl)OC(C)(C)C.CC(C)(C)OP(=O)(OCN(c1ncccn1)c1nc(-c2ccccn2)cs1)OC(C)(C)C.c1ccc(-c2csc(Nc3ncccn3)n2)nc1. The summed E-state index contributed by atoms with van der Waals surface area (Å²) in [6.07, 6.45) is 10.0. The fraction of sp³-hybridized carbons (Fsp3) is 0.429. The quantitative estimate of drug-likeness (QED) is 0.0576. The molecule has 0 aliphatic heterocycles. The first kappa shape index (κ1) is 53.4. The predicted molar refractivity (Wildman–Crippen MR) is 256 cm³/mol. The molecule has 65 heavy (non-hydrogen) atoms. The molecule has 0 aliphatic rings. The average Bonchev–Trinajstić information content (AvgIpc) is 3.88. The maximum atomic E-state index is 13.5. The van der Waals surface area contributed by atoms with E-state index in [-0.39, 0.29) is 12.8 Å². The molecule has 0 unspecified atom stereocenters. The highest BCUT2D eigenvalue weighted by atomic mass is 35.5. The highest BCUT2D eigenvalue weighted by Gasteiger charge is 2.39. The topological polar surface area (TPSA) is 208 Å². The van der Waals surface area contributed by atoms with Crippen molar-refractivity contribution in [2.24, 2.45) is 0 Å². The van der Waals surface area contributed by atoms with Crippen molar-refractivity contribution in [2.75, 3.05) is 23.0 Å². The van der Waals surface area contributed by atoms with Gasteiger partial charge in [-0.05, 0) is 119 Å². The summed E-state index contributed by atoms with van der Waals surface area (Å²) in [5, 5.41) is 8.19. The van der Waals surface area contributed by atoms with Crippen LogP contribution in [-0.4, -0.2) is 75.1 Å². The summed E-state index contributed by atoms with van der Waals surface area (Å²) in [4.78, 5) is 36.1. The second kappa shape index (κ2) is 23.5. The molecule has 0 aromatic carbocycles. The van der Waals surface area contributed by atoms with E-state index in [2.05, 4.69) is 45.2 Å². The number of halogens is 1. The third kappa shape index (κ3) is 20.1. The molecule has 352 valence electrons. The zero-order chi connectivity index (χ0) is 47.9. The molecule has 0 aliphatic carbocycles. The minimum Gasteiger partial charge on any atom is -0.300 e. The van der Waals surface area contributed by atoms with E-state index in [0.717, 1.165) is 22.2 Å². The van der Waals surface area contributed by atoms with Crippen molar-refractivity contribution in [3.05, 3.63) is 96.5 Å². The summed E-state index contributed by atoms with van der Waals surface area (Å²) < 4.78 is 58.2. The van der Waals surface area contributed by atoms with E-state index < -0.39 is 38.0 Å². The molecule has 6 rings (SSSR count). The van der Waals surface area contributed by atoms with Crippen molar-refractivity contribution < 1.29 is 36.3 Å². The Morgan fingerprint density at radius 3 is 1.43 bits per heavy atom. The van der Waals surface area contributed by atoms with Crippen LogP contribution < -0.4 is 10.2 Å². The van der Waals surface area contributed by atoms with Crippen LogP contribution >= 0.6 is 49.9 Å². The van der Waals surface area contributed by atoms with E-state index >= 15 is 0 Å². The maximum absolute atomic E-state index is 13.5. The molecule has 1 N–H and O–H groups in total.